The van der Waals surface area contributed by atoms with Crippen LogP contribution in [0, 0.1) is 0 Å². The maximum atomic E-state index is 13.3. The highest BCUT2D eigenvalue weighted by Crippen LogP contribution is 2.42. The van der Waals surface area contributed by atoms with Crippen LogP contribution < -0.4 is 4.74 Å². The average Bonchev–Trinajstić information content (AvgIpc) is 2.43. The van der Waals surface area contributed by atoms with Crippen LogP contribution in [0.4, 0.5) is 13.2 Å². The topological polar surface area (TPSA) is 35.5 Å². The van der Waals surface area contributed by atoms with Gasteiger partial charge in [0, 0.05) is 10.6 Å². The van der Waals surface area contributed by atoms with Crippen molar-refractivity contribution >= 4 is 46.2 Å². The van der Waals surface area contributed by atoms with Crippen LogP contribution in [0.15, 0.2) is 17.7 Å². The lowest BCUT2D eigenvalue weighted by Crippen LogP contribution is -2.40. The van der Waals surface area contributed by atoms with Crippen LogP contribution in [-0.4, -0.2) is 22.9 Å². The van der Waals surface area contributed by atoms with Gasteiger partial charge in [0.25, 0.3) is 0 Å². The van der Waals surface area contributed by atoms with E-state index in [0.717, 1.165) is 6.08 Å². The molecule has 0 aliphatic carbocycles. The van der Waals surface area contributed by atoms with Gasteiger partial charge in [-0.25, -0.2) is 4.79 Å². The van der Waals surface area contributed by atoms with Crippen LogP contribution >= 0.6 is 34.2 Å². The Bertz CT molecular complexity index is 693. The Hall–Kier alpha value is -0.960. The quantitative estimate of drug-likeness (QED) is 0.332. The molecule has 0 N–H and O–H groups in total. The summed E-state index contributed by atoms with van der Waals surface area (Å²) in [6.07, 6.45) is -5.98. The van der Waals surface area contributed by atoms with Gasteiger partial charge in [0.1, 0.15) is 10.4 Å². The smallest absolute Gasteiger partial charge is 0.430 e. The Kier molecular flexibility index (Phi) is 5.44. The van der Waals surface area contributed by atoms with Gasteiger partial charge < -0.3 is 9.47 Å². The summed E-state index contributed by atoms with van der Waals surface area (Å²) < 4.78 is 49.6. The SMILES string of the molecule is CC(C)(C)c1cc2c(cc1Cl)C=C(C(=O)OCI)[C@@H](C(F)(F)F)O2. The van der Waals surface area contributed by atoms with E-state index in [0.29, 0.717) is 16.1 Å². The number of rotatable bonds is 2. The Morgan fingerprint density at radius 3 is 2.46 bits per heavy atom. The molecule has 0 bridgehead atoms. The first kappa shape index (κ1) is 19.4. The number of hydrogen-bond donors (Lipinski definition) is 0. The first-order chi connectivity index (χ1) is 10.9. The third-order valence-electron chi connectivity index (χ3n) is 3.46. The Morgan fingerprint density at radius 1 is 1.33 bits per heavy atom. The van der Waals surface area contributed by atoms with Crippen LogP contribution in [0.3, 0.4) is 0 Å². The highest BCUT2D eigenvalue weighted by atomic mass is 127. The minimum Gasteiger partial charge on any atom is -0.475 e. The summed E-state index contributed by atoms with van der Waals surface area (Å²) in [5, 5.41) is 0.396. The van der Waals surface area contributed by atoms with Crippen molar-refractivity contribution in [1.82, 2.24) is 0 Å². The fraction of sp³-hybridized carbons (Fsp3) is 0.438. The third kappa shape index (κ3) is 3.99. The van der Waals surface area contributed by atoms with Gasteiger partial charge in [-0.2, -0.15) is 13.2 Å². The minimum absolute atomic E-state index is 0.0395. The fourth-order valence-corrected chi connectivity index (χ4v) is 3.07. The second-order valence-corrected chi connectivity index (χ2v) is 7.33. The molecule has 0 radical (unpaired) electrons. The third-order valence-corrected chi connectivity index (χ3v) is 4.09. The van der Waals surface area contributed by atoms with E-state index in [-0.39, 0.29) is 15.8 Å². The van der Waals surface area contributed by atoms with Crippen LogP contribution in [0.25, 0.3) is 6.08 Å². The minimum atomic E-state index is -4.74. The van der Waals surface area contributed by atoms with E-state index in [1.165, 1.54) is 12.1 Å². The van der Waals surface area contributed by atoms with Gasteiger partial charge in [-0.05, 0) is 51.8 Å². The lowest BCUT2D eigenvalue weighted by molar-refractivity contribution is -0.187. The van der Waals surface area contributed by atoms with E-state index in [2.05, 4.69) is 0 Å². The van der Waals surface area contributed by atoms with E-state index >= 15 is 0 Å². The molecule has 24 heavy (non-hydrogen) atoms. The number of benzene rings is 1. The van der Waals surface area contributed by atoms with Crippen LogP contribution in [0.1, 0.15) is 31.9 Å². The monoisotopic (exact) mass is 474 g/mol. The molecule has 0 aromatic heterocycles. The molecule has 1 aromatic rings. The predicted molar refractivity (Wildman–Crippen MR) is 93.6 cm³/mol. The Morgan fingerprint density at radius 2 is 1.96 bits per heavy atom. The van der Waals surface area contributed by atoms with E-state index in [9.17, 15) is 18.0 Å². The van der Waals surface area contributed by atoms with Gasteiger partial charge in [0.2, 0.25) is 6.10 Å². The van der Waals surface area contributed by atoms with Crippen LogP contribution in [0.5, 0.6) is 5.75 Å². The lowest BCUT2D eigenvalue weighted by Gasteiger charge is -2.30. The standard InChI is InChI=1S/C16H15ClF3IO3/c1-15(2,3)10-6-12-8(5-11(10)17)4-9(14(22)23-7-21)13(24-12)16(18,19)20/h4-6,13H,7H2,1-3H3/t13-/m0/s1. The summed E-state index contributed by atoms with van der Waals surface area (Å²) in [6.45, 7) is 5.68. The van der Waals surface area contributed by atoms with Crippen molar-refractivity contribution in [3.63, 3.8) is 0 Å². The number of carbonyl (C=O) groups excluding carboxylic acids is 1. The molecule has 2 rings (SSSR count). The molecule has 1 aliphatic heterocycles. The predicted octanol–water partition coefficient (Wildman–Crippen LogP) is 5.28. The normalized spacial score (nSPS) is 17.7. The number of ether oxygens (including phenoxy) is 2. The Balaban J connectivity index is 2.58. The first-order valence-electron chi connectivity index (χ1n) is 6.97. The molecule has 3 nitrogen and oxygen atoms in total. The molecule has 0 spiro atoms. The Labute approximate surface area is 156 Å². The molecule has 0 fully saturated rings. The number of halogens is 5. The molecule has 1 aromatic carbocycles. The van der Waals surface area contributed by atoms with E-state index in [1.807, 2.05) is 20.8 Å². The molecule has 0 unspecified atom stereocenters. The van der Waals surface area contributed by atoms with Crippen LogP contribution in [-0.2, 0) is 14.9 Å². The van der Waals surface area contributed by atoms with Crippen molar-refractivity contribution in [2.24, 2.45) is 0 Å². The summed E-state index contributed by atoms with van der Waals surface area (Å²) in [6, 6.07) is 2.99. The van der Waals surface area contributed by atoms with Crippen molar-refractivity contribution in [3.8, 4) is 5.75 Å². The fourth-order valence-electron chi connectivity index (χ4n) is 2.33. The van der Waals surface area contributed by atoms with E-state index < -0.39 is 23.8 Å². The van der Waals surface area contributed by atoms with Crippen molar-refractivity contribution in [1.29, 1.82) is 0 Å². The zero-order valence-corrected chi connectivity index (χ0v) is 16.0. The molecule has 132 valence electrons. The number of fused-ring (bicyclic) bond motifs is 1. The molecule has 1 atom stereocenters. The molecule has 0 saturated heterocycles. The summed E-state index contributed by atoms with van der Waals surface area (Å²) >= 11 is 7.97. The molecule has 1 aliphatic rings. The zero-order valence-electron chi connectivity index (χ0n) is 13.1. The largest absolute Gasteiger partial charge is 0.475 e. The van der Waals surface area contributed by atoms with Crippen molar-refractivity contribution in [3.05, 3.63) is 33.9 Å². The number of carbonyl (C=O) groups is 1. The maximum Gasteiger partial charge on any atom is 0.430 e. The van der Waals surface area contributed by atoms with E-state index in [1.54, 1.807) is 22.6 Å². The second kappa shape index (κ2) is 6.74. The number of alkyl halides is 4. The van der Waals surface area contributed by atoms with Gasteiger partial charge >= 0.3 is 12.1 Å². The van der Waals surface area contributed by atoms with Gasteiger partial charge in [0.05, 0.1) is 5.57 Å². The molecule has 0 saturated carbocycles. The van der Waals surface area contributed by atoms with Gasteiger partial charge in [-0.15, -0.1) is 0 Å². The summed E-state index contributed by atoms with van der Waals surface area (Å²) in [7, 11) is 0. The number of hydrogen-bond acceptors (Lipinski definition) is 3. The molecule has 8 heteroatoms. The average molecular weight is 475 g/mol. The first-order valence-corrected chi connectivity index (χ1v) is 8.87. The lowest BCUT2D eigenvalue weighted by atomic mass is 9.85. The molecular weight excluding hydrogens is 460 g/mol. The summed E-state index contributed by atoms with van der Waals surface area (Å²) in [4.78, 5) is 11.9. The van der Waals surface area contributed by atoms with Crippen molar-refractivity contribution in [2.75, 3.05) is 4.61 Å². The summed E-state index contributed by atoms with van der Waals surface area (Å²) in [5.74, 6) is -1.02. The van der Waals surface area contributed by atoms with Crippen molar-refractivity contribution < 1.29 is 27.4 Å². The van der Waals surface area contributed by atoms with Gasteiger partial charge in [-0.1, -0.05) is 32.4 Å². The van der Waals surface area contributed by atoms with Gasteiger partial charge in [0.15, 0.2) is 0 Å². The molecule has 1 heterocycles. The van der Waals surface area contributed by atoms with Gasteiger partial charge in [-0.3, -0.25) is 0 Å². The maximum absolute atomic E-state index is 13.3. The van der Waals surface area contributed by atoms with Crippen LogP contribution in [0.2, 0.25) is 5.02 Å². The summed E-state index contributed by atoms with van der Waals surface area (Å²) in [5.41, 5.74) is 0.0172. The van der Waals surface area contributed by atoms with Crippen molar-refractivity contribution in [2.45, 2.75) is 38.5 Å². The highest BCUT2D eigenvalue weighted by Gasteiger charge is 2.49. The molecule has 0 amide bonds. The second-order valence-electron chi connectivity index (χ2n) is 6.30. The molecular formula is C16H15ClF3IO3. The number of esters is 1. The zero-order chi connectivity index (χ0) is 18.3. The van der Waals surface area contributed by atoms with E-state index in [4.69, 9.17) is 21.1 Å². The highest BCUT2D eigenvalue weighted by molar-refractivity contribution is 14.1.